The molecule has 0 spiro atoms. The summed E-state index contributed by atoms with van der Waals surface area (Å²) >= 11 is 0. The van der Waals surface area contributed by atoms with Crippen LogP contribution in [-0.2, 0) is 51.9 Å². The highest BCUT2D eigenvalue weighted by atomic mass is 31.2. The molecule has 1 N–H and O–H groups in total. The minimum atomic E-state index is -1.62. The van der Waals surface area contributed by atoms with E-state index in [1.54, 1.807) is 14.0 Å². The summed E-state index contributed by atoms with van der Waals surface area (Å²) < 4.78 is 49.4. The molecule has 1 aliphatic heterocycles. The first kappa shape index (κ1) is 37.6. The lowest BCUT2D eigenvalue weighted by Crippen LogP contribution is -2.43. The van der Waals surface area contributed by atoms with Gasteiger partial charge in [0.25, 0.3) is 15.0 Å². The van der Waals surface area contributed by atoms with Crippen LogP contribution >= 0.6 is 8.53 Å². The molecule has 0 radical (unpaired) electrons. The van der Waals surface area contributed by atoms with E-state index in [0.29, 0.717) is 0 Å². The van der Waals surface area contributed by atoms with E-state index in [1.165, 1.54) is 37.6 Å². The van der Waals surface area contributed by atoms with Crippen molar-refractivity contribution in [1.29, 1.82) is 0 Å². The number of amides is 1. The zero-order valence-electron chi connectivity index (χ0n) is 26.7. The van der Waals surface area contributed by atoms with Crippen LogP contribution in [0.3, 0.4) is 0 Å². The minimum Gasteiger partial charge on any atom is -0.463 e. The molecule has 1 aromatic rings. The highest BCUT2D eigenvalue weighted by Crippen LogP contribution is 2.49. The number of aromatic nitrogens is 2. The molecule has 2 heterocycles. The number of anilines is 1. The summed E-state index contributed by atoms with van der Waals surface area (Å²) in [6.45, 7) is 12.0. The van der Waals surface area contributed by atoms with E-state index in [1.807, 2.05) is 27.7 Å². The average molecular weight is 649 g/mol. The molecular weight excluding hydrogens is 603 g/mol. The van der Waals surface area contributed by atoms with Gasteiger partial charge in [0.15, 0.2) is 6.23 Å². The van der Waals surface area contributed by atoms with Gasteiger partial charge in [-0.15, -0.1) is 0 Å². The van der Waals surface area contributed by atoms with Gasteiger partial charge in [-0.05, 0) is 40.7 Å². The lowest BCUT2D eigenvalue weighted by molar-refractivity contribution is -0.320. The molecule has 2 rings (SSSR count). The van der Waals surface area contributed by atoms with Gasteiger partial charge >= 0.3 is 17.6 Å². The van der Waals surface area contributed by atoms with Crippen LogP contribution in [0.5, 0.6) is 0 Å². The largest absolute Gasteiger partial charge is 0.463 e. The first-order chi connectivity index (χ1) is 20.7. The van der Waals surface area contributed by atoms with E-state index in [2.05, 4.69) is 15.0 Å². The topological polar surface area (TPSA) is 175 Å². The molecule has 5 atom stereocenters. The Balaban J connectivity index is 2.45. The van der Waals surface area contributed by atoms with Gasteiger partial charge < -0.3 is 42.8 Å². The van der Waals surface area contributed by atoms with E-state index < -0.39 is 57.2 Å². The molecule has 1 fully saturated rings. The molecule has 1 saturated heterocycles. The zero-order chi connectivity index (χ0) is 33.0. The summed E-state index contributed by atoms with van der Waals surface area (Å²) in [5.74, 6) is -1.29. The van der Waals surface area contributed by atoms with Crippen LogP contribution in [0.1, 0.15) is 61.6 Å². The summed E-state index contributed by atoms with van der Waals surface area (Å²) in [6, 6.07) is 1.60. The predicted molar refractivity (Wildman–Crippen MR) is 157 cm³/mol. The van der Waals surface area contributed by atoms with E-state index in [0.717, 1.165) is 0 Å². The Morgan fingerprint density at radius 2 is 1.57 bits per heavy atom. The second-order valence-corrected chi connectivity index (χ2v) is 11.8. The van der Waals surface area contributed by atoms with E-state index in [9.17, 15) is 19.2 Å². The molecule has 0 aliphatic carbocycles. The Morgan fingerprint density at radius 1 is 1.00 bits per heavy atom. The molecule has 1 aromatic heterocycles. The Morgan fingerprint density at radius 3 is 2.02 bits per heavy atom. The van der Waals surface area contributed by atoms with E-state index in [-0.39, 0.29) is 50.2 Å². The number of carbonyl (C=O) groups excluding carboxylic acids is 3. The number of esters is 2. The highest BCUT2D eigenvalue weighted by Gasteiger charge is 2.49. The van der Waals surface area contributed by atoms with Gasteiger partial charge in [-0.1, -0.05) is 0 Å². The normalized spacial score (nSPS) is 20.8. The number of hydrogen-bond donors (Lipinski definition) is 1. The van der Waals surface area contributed by atoms with Gasteiger partial charge in [0.2, 0.25) is 5.91 Å². The van der Waals surface area contributed by atoms with Crippen molar-refractivity contribution in [2.24, 2.45) is 0 Å². The van der Waals surface area contributed by atoms with Crippen LogP contribution in [-0.4, -0.2) is 102 Å². The third kappa shape index (κ3) is 11.7. The molecule has 250 valence electrons. The van der Waals surface area contributed by atoms with Crippen LogP contribution in [0.4, 0.5) is 5.82 Å². The maximum atomic E-state index is 13.1. The van der Waals surface area contributed by atoms with Crippen molar-refractivity contribution >= 4 is 32.2 Å². The monoisotopic (exact) mass is 648 g/mol. The average Bonchev–Trinajstić information content (AvgIpc) is 3.21. The quantitative estimate of drug-likeness (QED) is 0.106. The molecular formula is C27H45N4O12P. The summed E-state index contributed by atoms with van der Waals surface area (Å²) in [5, 5.41) is 2.47. The molecule has 2 unspecified atom stereocenters. The molecule has 1 aliphatic rings. The van der Waals surface area contributed by atoms with Crippen LogP contribution in [0.15, 0.2) is 17.1 Å². The highest BCUT2D eigenvalue weighted by molar-refractivity contribution is 7.44. The number of hydrogen-bond acceptors (Lipinski definition) is 14. The SMILES string of the molecule is COP(O[C@@H]1C(OC(OCCOC(C)=O)OCCOC(C)=O)[C@H](n2ccc(NC(C)=O)nc2=O)O[C@@H]1C)N(C(C)C)C(C)C. The molecule has 16 nitrogen and oxygen atoms in total. The van der Waals surface area contributed by atoms with Crippen molar-refractivity contribution in [3.8, 4) is 0 Å². The van der Waals surface area contributed by atoms with Crippen molar-refractivity contribution < 1.29 is 51.9 Å². The van der Waals surface area contributed by atoms with E-state index >= 15 is 0 Å². The number of carbonyl (C=O) groups is 3. The van der Waals surface area contributed by atoms with Gasteiger partial charge in [0, 0.05) is 46.2 Å². The van der Waals surface area contributed by atoms with Crippen LogP contribution in [0.25, 0.3) is 0 Å². The van der Waals surface area contributed by atoms with Crippen molar-refractivity contribution in [1.82, 2.24) is 14.2 Å². The van der Waals surface area contributed by atoms with Crippen LogP contribution in [0.2, 0.25) is 0 Å². The van der Waals surface area contributed by atoms with Gasteiger partial charge in [0.1, 0.15) is 31.2 Å². The van der Waals surface area contributed by atoms with Crippen LogP contribution < -0.4 is 11.0 Å². The first-order valence-corrected chi connectivity index (χ1v) is 15.3. The summed E-state index contributed by atoms with van der Waals surface area (Å²) in [7, 11) is -0.0693. The van der Waals surface area contributed by atoms with Crippen molar-refractivity contribution in [2.75, 3.05) is 38.9 Å². The lowest BCUT2D eigenvalue weighted by Gasteiger charge is -2.37. The Kier molecular flexibility index (Phi) is 15.8. The maximum Gasteiger partial charge on any atom is 0.351 e. The maximum absolute atomic E-state index is 13.1. The minimum absolute atomic E-state index is 0.0722. The summed E-state index contributed by atoms with van der Waals surface area (Å²) in [6.07, 6.45) is -2.09. The van der Waals surface area contributed by atoms with Gasteiger partial charge in [-0.25, -0.2) is 9.46 Å². The van der Waals surface area contributed by atoms with Crippen molar-refractivity contribution in [2.45, 2.75) is 98.5 Å². The Hall–Kier alpha value is -2.56. The number of rotatable bonds is 18. The molecule has 44 heavy (non-hydrogen) atoms. The van der Waals surface area contributed by atoms with Gasteiger partial charge in [-0.3, -0.25) is 19.0 Å². The summed E-state index contributed by atoms with van der Waals surface area (Å²) in [5.41, 5.74) is -0.717. The van der Waals surface area contributed by atoms with Gasteiger partial charge in [-0.2, -0.15) is 4.98 Å². The fourth-order valence-electron chi connectivity index (χ4n) is 4.36. The fourth-order valence-corrected chi connectivity index (χ4v) is 6.00. The first-order valence-electron chi connectivity index (χ1n) is 14.2. The Bertz CT molecular complexity index is 1110. The molecule has 1 amide bonds. The number of nitrogens with zero attached hydrogens (tertiary/aromatic N) is 3. The second kappa shape index (κ2) is 18.4. The number of nitrogens with one attached hydrogen (secondary N) is 1. The standard InChI is InChI=1S/C27H45N4O12P/c1-16(2)31(17(3)4)44(36-9)43-23-18(5)41-25(30-11-10-22(28-19(6)32)29-26(30)35)24(23)42-27(39-14-12-37-20(7)33)40-15-13-38-21(8)34/h10-11,16-18,23-25,27H,12-15H2,1-9H3,(H,28,29,32,35)/t18-,23+,24?,25-,44?/m1/s1. The molecule has 0 bridgehead atoms. The third-order valence-corrected chi connectivity index (χ3v) is 8.04. The van der Waals surface area contributed by atoms with Crippen molar-refractivity contribution in [3.63, 3.8) is 0 Å². The number of ether oxygens (including phenoxy) is 6. The Labute approximate surface area is 258 Å². The molecule has 17 heteroatoms. The summed E-state index contributed by atoms with van der Waals surface area (Å²) in [4.78, 5) is 51.0. The van der Waals surface area contributed by atoms with Crippen molar-refractivity contribution in [3.05, 3.63) is 22.7 Å². The molecule has 0 saturated carbocycles. The fraction of sp³-hybridized carbons (Fsp3) is 0.741. The second-order valence-electron chi connectivity index (χ2n) is 10.3. The van der Waals surface area contributed by atoms with Gasteiger partial charge in [0.05, 0.1) is 19.3 Å². The zero-order valence-corrected chi connectivity index (χ0v) is 27.6. The lowest BCUT2D eigenvalue weighted by atomic mass is 10.1. The smallest absolute Gasteiger partial charge is 0.351 e. The third-order valence-electron chi connectivity index (χ3n) is 6.00. The molecule has 0 aromatic carbocycles. The van der Waals surface area contributed by atoms with Crippen LogP contribution in [0, 0.1) is 0 Å². The predicted octanol–water partition coefficient (Wildman–Crippen LogP) is 2.32. The van der Waals surface area contributed by atoms with E-state index in [4.69, 9.17) is 37.5 Å².